The van der Waals surface area contributed by atoms with Crippen molar-refractivity contribution in [2.75, 3.05) is 13.2 Å². The average Bonchev–Trinajstić information content (AvgIpc) is 2.26. The quantitative estimate of drug-likeness (QED) is 0.666. The second-order valence-electron chi connectivity index (χ2n) is 5.31. The molecule has 16 heavy (non-hydrogen) atoms. The number of benzene rings is 1. The molecule has 2 atom stereocenters. The third-order valence-electron chi connectivity index (χ3n) is 3.43. The summed E-state index contributed by atoms with van der Waals surface area (Å²) in [4.78, 5) is 0. The van der Waals surface area contributed by atoms with Crippen LogP contribution in [0.15, 0.2) is 12.1 Å². The van der Waals surface area contributed by atoms with Crippen LogP contribution in [-0.4, -0.2) is 13.2 Å². The van der Waals surface area contributed by atoms with Crippen molar-refractivity contribution in [1.82, 2.24) is 0 Å². The topological polar surface area (TPSA) is 18.5 Å². The first-order valence-electron chi connectivity index (χ1n) is 6.14. The maximum Gasteiger partial charge on any atom is 0.126 e. The van der Waals surface area contributed by atoms with E-state index in [1.165, 1.54) is 11.1 Å². The van der Waals surface area contributed by atoms with Gasteiger partial charge in [0.25, 0.3) is 0 Å². The summed E-state index contributed by atoms with van der Waals surface area (Å²) in [6, 6.07) is 4.37. The molecule has 2 nitrogen and oxygen atoms in total. The van der Waals surface area contributed by atoms with E-state index < -0.39 is 0 Å². The number of rotatable bonds is 0. The zero-order valence-electron chi connectivity index (χ0n) is 9.95. The van der Waals surface area contributed by atoms with E-state index in [2.05, 4.69) is 26.0 Å². The molecule has 0 aromatic heterocycles. The Bertz CT molecular complexity index is 376. The molecule has 0 bridgehead atoms. The Balaban J connectivity index is 1.99. The standard InChI is InChI=1S/C14H18O2/c1-9-3-11-5-12-4-10(2)8-16-14(12)6-13(11)15-7-9/h5-6,9-10H,3-4,7-8H2,1-2H3. The maximum absolute atomic E-state index is 5.75. The molecule has 3 rings (SSSR count). The van der Waals surface area contributed by atoms with Crippen LogP contribution in [0.2, 0.25) is 0 Å². The summed E-state index contributed by atoms with van der Waals surface area (Å²) in [7, 11) is 0. The third kappa shape index (κ3) is 1.66. The summed E-state index contributed by atoms with van der Waals surface area (Å²) in [6.07, 6.45) is 2.27. The fourth-order valence-electron chi connectivity index (χ4n) is 2.58. The Labute approximate surface area is 96.6 Å². The molecule has 2 unspecified atom stereocenters. The Morgan fingerprint density at radius 3 is 1.88 bits per heavy atom. The summed E-state index contributed by atoms with van der Waals surface area (Å²) < 4.78 is 11.5. The predicted octanol–water partition coefficient (Wildman–Crippen LogP) is 2.83. The molecule has 0 amide bonds. The van der Waals surface area contributed by atoms with E-state index >= 15 is 0 Å². The minimum absolute atomic E-state index is 0.632. The molecule has 2 aliphatic rings. The summed E-state index contributed by atoms with van der Waals surface area (Å²) in [5.74, 6) is 3.33. The van der Waals surface area contributed by atoms with E-state index in [0.717, 1.165) is 37.6 Å². The van der Waals surface area contributed by atoms with Gasteiger partial charge in [0.05, 0.1) is 13.2 Å². The SMILES string of the molecule is CC1COc2cc3c(cc2C1)CC(C)CO3. The molecule has 2 aliphatic heterocycles. The van der Waals surface area contributed by atoms with Crippen molar-refractivity contribution in [1.29, 1.82) is 0 Å². The van der Waals surface area contributed by atoms with Crippen molar-refractivity contribution < 1.29 is 9.47 Å². The van der Waals surface area contributed by atoms with Crippen LogP contribution in [-0.2, 0) is 12.8 Å². The molecule has 0 N–H and O–H groups in total. The van der Waals surface area contributed by atoms with Gasteiger partial charge in [-0.05, 0) is 41.9 Å². The molecule has 0 aliphatic carbocycles. The molecule has 2 heteroatoms. The predicted molar refractivity (Wildman–Crippen MR) is 63.2 cm³/mol. The van der Waals surface area contributed by atoms with Gasteiger partial charge in [-0.15, -0.1) is 0 Å². The first-order valence-corrected chi connectivity index (χ1v) is 6.14. The molecule has 1 aromatic rings. The van der Waals surface area contributed by atoms with Gasteiger partial charge in [0.1, 0.15) is 11.5 Å². The van der Waals surface area contributed by atoms with Gasteiger partial charge in [-0.3, -0.25) is 0 Å². The van der Waals surface area contributed by atoms with Crippen molar-refractivity contribution in [3.8, 4) is 11.5 Å². The molecule has 1 aromatic carbocycles. The summed E-state index contributed by atoms with van der Waals surface area (Å²) in [6.45, 7) is 6.15. The fraction of sp³-hybridized carbons (Fsp3) is 0.571. The van der Waals surface area contributed by atoms with Gasteiger partial charge >= 0.3 is 0 Å². The maximum atomic E-state index is 5.75. The van der Waals surface area contributed by atoms with Crippen LogP contribution in [0.25, 0.3) is 0 Å². The molecule has 0 fully saturated rings. The van der Waals surface area contributed by atoms with Crippen LogP contribution in [0.3, 0.4) is 0 Å². The monoisotopic (exact) mass is 218 g/mol. The highest BCUT2D eigenvalue weighted by molar-refractivity contribution is 5.48. The van der Waals surface area contributed by atoms with Crippen LogP contribution < -0.4 is 9.47 Å². The number of ether oxygens (including phenoxy) is 2. The van der Waals surface area contributed by atoms with Crippen LogP contribution in [0.4, 0.5) is 0 Å². The smallest absolute Gasteiger partial charge is 0.126 e. The highest BCUT2D eigenvalue weighted by atomic mass is 16.5. The van der Waals surface area contributed by atoms with Crippen molar-refractivity contribution in [3.63, 3.8) is 0 Å². The number of fused-ring (bicyclic) bond motifs is 2. The first-order chi connectivity index (χ1) is 7.72. The van der Waals surface area contributed by atoms with E-state index in [1.54, 1.807) is 0 Å². The number of hydrogen-bond acceptors (Lipinski definition) is 2. The van der Waals surface area contributed by atoms with Crippen LogP contribution in [0, 0.1) is 11.8 Å². The molecular formula is C14H18O2. The lowest BCUT2D eigenvalue weighted by atomic mass is 9.92. The largest absolute Gasteiger partial charge is 0.493 e. The summed E-state index contributed by atoms with van der Waals surface area (Å²) in [5.41, 5.74) is 2.71. The van der Waals surface area contributed by atoms with E-state index in [4.69, 9.17) is 9.47 Å². The Morgan fingerprint density at radius 1 is 0.875 bits per heavy atom. The highest BCUT2D eigenvalue weighted by Crippen LogP contribution is 2.36. The van der Waals surface area contributed by atoms with Gasteiger partial charge in [-0.2, -0.15) is 0 Å². The molecule has 0 saturated carbocycles. The van der Waals surface area contributed by atoms with Crippen LogP contribution in [0.5, 0.6) is 11.5 Å². The van der Waals surface area contributed by atoms with Crippen LogP contribution in [0.1, 0.15) is 25.0 Å². The first kappa shape index (κ1) is 10.0. The lowest BCUT2D eigenvalue weighted by molar-refractivity contribution is 0.217. The normalized spacial score (nSPS) is 27.4. The lowest BCUT2D eigenvalue weighted by Crippen LogP contribution is -2.21. The second kappa shape index (κ2) is 3.69. The van der Waals surface area contributed by atoms with Gasteiger partial charge in [0.15, 0.2) is 0 Å². The Hall–Kier alpha value is -1.18. The van der Waals surface area contributed by atoms with Crippen molar-refractivity contribution in [3.05, 3.63) is 23.3 Å². The molecular weight excluding hydrogens is 200 g/mol. The van der Waals surface area contributed by atoms with Crippen molar-refractivity contribution in [2.24, 2.45) is 11.8 Å². The zero-order valence-corrected chi connectivity index (χ0v) is 9.95. The van der Waals surface area contributed by atoms with Gasteiger partial charge in [0, 0.05) is 6.07 Å². The second-order valence-corrected chi connectivity index (χ2v) is 5.31. The van der Waals surface area contributed by atoms with E-state index in [0.29, 0.717) is 11.8 Å². The van der Waals surface area contributed by atoms with E-state index in [-0.39, 0.29) is 0 Å². The Kier molecular flexibility index (Phi) is 2.31. The molecule has 0 radical (unpaired) electrons. The molecule has 0 spiro atoms. The van der Waals surface area contributed by atoms with Crippen LogP contribution >= 0.6 is 0 Å². The van der Waals surface area contributed by atoms with Gasteiger partial charge in [0.2, 0.25) is 0 Å². The zero-order chi connectivity index (χ0) is 11.1. The molecule has 0 saturated heterocycles. The third-order valence-corrected chi connectivity index (χ3v) is 3.43. The van der Waals surface area contributed by atoms with Crippen molar-refractivity contribution >= 4 is 0 Å². The van der Waals surface area contributed by atoms with E-state index in [9.17, 15) is 0 Å². The minimum atomic E-state index is 0.632. The van der Waals surface area contributed by atoms with E-state index in [1.807, 2.05) is 0 Å². The van der Waals surface area contributed by atoms with Crippen molar-refractivity contribution in [2.45, 2.75) is 26.7 Å². The van der Waals surface area contributed by atoms with Gasteiger partial charge in [-0.25, -0.2) is 0 Å². The Morgan fingerprint density at radius 2 is 1.38 bits per heavy atom. The minimum Gasteiger partial charge on any atom is -0.493 e. The summed E-state index contributed by atoms with van der Waals surface area (Å²) in [5, 5.41) is 0. The highest BCUT2D eigenvalue weighted by Gasteiger charge is 2.22. The molecule has 2 heterocycles. The van der Waals surface area contributed by atoms with Gasteiger partial charge in [-0.1, -0.05) is 13.8 Å². The van der Waals surface area contributed by atoms with Gasteiger partial charge < -0.3 is 9.47 Å². The number of hydrogen-bond donors (Lipinski definition) is 0. The summed E-state index contributed by atoms with van der Waals surface area (Å²) >= 11 is 0. The lowest BCUT2D eigenvalue weighted by Gasteiger charge is -2.28. The average molecular weight is 218 g/mol. The fourth-order valence-corrected chi connectivity index (χ4v) is 2.58. The molecule has 86 valence electrons.